The molecule has 1 unspecified atom stereocenters. The smallest absolute Gasteiger partial charge is 0.0521 e. The maximum absolute atomic E-state index is 5.66. The summed E-state index contributed by atoms with van der Waals surface area (Å²) < 4.78 is 7.22. The quantitative estimate of drug-likeness (QED) is 0.583. The fourth-order valence-corrected chi connectivity index (χ4v) is 2.50. The molecular formula is C12H22N4O. The molecule has 3 N–H and O–H groups in total. The first kappa shape index (κ1) is 12.5. The minimum absolute atomic E-state index is 0.388. The molecule has 0 aliphatic carbocycles. The molecule has 1 fully saturated rings. The highest BCUT2D eigenvalue weighted by atomic mass is 16.5. The maximum Gasteiger partial charge on any atom is 0.0521 e. The van der Waals surface area contributed by atoms with Crippen LogP contribution in [-0.2, 0) is 18.2 Å². The minimum Gasteiger partial charge on any atom is -0.381 e. The largest absolute Gasteiger partial charge is 0.381 e. The van der Waals surface area contributed by atoms with E-state index in [0.717, 1.165) is 38.9 Å². The Morgan fingerprint density at radius 1 is 1.59 bits per heavy atom. The van der Waals surface area contributed by atoms with Crippen molar-refractivity contribution in [3.63, 3.8) is 0 Å². The van der Waals surface area contributed by atoms with Gasteiger partial charge in [0.25, 0.3) is 0 Å². The third-order valence-corrected chi connectivity index (χ3v) is 3.55. The van der Waals surface area contributed by atoms with Gasteiger partial charge < -0.3 is 4.74 Å². The molecule has 1 aromatic rings. The summed E-state index contributed by atoms with van der Waals surface area (Å²) in [5, 5.41) is 4.18. The number of rotatable bonds is 5. The molecule has 5 heteroatoms. The van der Waals surface area contributed by atoms with E-state index < -0.39 is 0 Å². The highest BCUT2D eigenvalue weighted by Gasteiger charge is 2.22. The van der Waals surface area contributed by atoms with Gasteiger partial charge >= 0.3 is 0 Å². The highest BCUT2D eigenvalue weighted by molar-refractivity contribution is 5.04. The average Bonchev–Trinajstić information content (AvgIpc) is 2.77. The van der Waals surface area contributed by atoms with E-state index in [4.69, 9.17) is 10.6 Å². The second-order valence-electron chi connectivity index (χ2n) is 4.78. The number of aryl methyl sites for hydroxylation is 2. The summed E-state index contributed by atoms with van der Waals surface area (Å²) in [7, 11) is 1.95. The predicted octanol–water partition coefficient (Wildman–Crippen LogP) is 0.611. The second-order valence-corrected chi connectivity index (χ2v) is 4.78. The molecule has 1 aliphatic rings. The number of hydrogen-bond donors (Lipinski definition) is 2. The zero-order valence-electron chi connectivity index (χ0n) is 10.4. The van der Waals surface area contributed by atoms with Crippen LogP contribution in [0, 0.1) is 5.92 Å². The monoisotopic (exact) mass is 238 g/mol. The maximum atomic E-state index is 5.66. The Balaban J connectivity index is 1.82. The van der Waals surface area contributed by atoms with Gasteiger partial charge in [-0.25, -0.2) is 0 Å². The van der Waals surface area contributed by atoms with E-state index in [2.05, 4.69) is 16.7 Å². The van der Waals surface area contributed by atoms with Crippen LogP contribution in [0.5, 0.6) is 0 Å². The van der Waals surface area contributed by atoms with E-state index in [-0.39, 0.29) is 0 Å². The van der Waals surface area contributed by atoms with Gasteiger partial charge in [0.15, 0.2) is 0 Å². The lowest BCUT2D eigenvalue weighted by molar-refractivity contribution is 0.0526. The van der Waals surface area contributed by atoms with E-state index in [0.29, 0.717) is 12.0 Å². The van der Waals surface area contributed by atoms with Gasteiger partial charge in [-0.3, -0.25) is 16.0 Å². The molecule has 0 spiro atoms. The Morgan fingerprint density at radius 3 is 2.94 bits per heavy atom. The van der Waals surface area contributed by atoms with Crippen LogP contribution in [0.25, 0.3) is 0 Å². The number of hydrogen-bond acceptors (Lipinski definition) is 4. The third-order valence-electron chi connectivity index (χ3n) is 3.55. The summed E-state index contributed by atoms with van der Waals surface area (Å²) in [4.78, 5) is 0. The molecule has 2 rings (SSSR count). The van der Waals surface area contributed by atoms with Gasteiger partial charge in [-0.15, -0.1) is 0 Å². The molecule has 1 saturated heterocycles. The number of nitrogens with one attached hydrogen (secondary N) is 1. The topological polar surface area (TPSA) is 65.1 Å². The standard InChI is InChI=1S/C12H22N4O/c1-16-9-10(8-14-16)2-3-12(15-13)11-4-6-17-7-5-11/h8-9,11-12,15H,2-7,13H2,1H3. The SMILES string of the molecule is Cn1cc(CCC(NN)C2CCOCC2)cn1. The molecule has 5 nitrogen and oxygen atoms in total. The van der Waals surface area contributed by atoms with E-state index in [9.17, 15) is 0 Å². The molecule has 0 aromatic carbocycles. The van der Waals surface area contributed by atoms with Crippen LogP contribution in [0.1, 0.15) is 24.8 Å². The van der Waals surface area contributed by atoms with Crippen molar-refractivity contribution >= 4 is 0 Å². The molecule has 1 aromatic heterocycles. The first-order chi connectivity index (χ1) is 8.29. The van der Waals surface area contributed by atoms with Crippen LogP contribution >= 0.6 is 0 Å². The fraction of sp³-hybridized carbons (Fsp3) is 0.750. The van der Waals surface area contributed by atoms with Crippen molar-refractivity contribution in [3.8, 4) is 0 Å². The lowest BCUT2D eigenvalue weighted by atomic mass is 9.89. The summed E-state index contributed by atoms with van der Waals surface area (Å²) in [6.07, 6.45) is 8.31. The predicted molar refractivity (Wildman–Crippen MR) is 66.2 cm³/mol. The van der Waals surface area contributed by atoms with E-state index >= 15 is 0 Å². The van der Waals surface area contributed by atoms with Crippen molar-refractivity contribution in [1.29, 1.82) is 0 Å². The molecule has 0 bridgehead atoms. The van der Waals surface area contributed by atoms with Crippen LogP contribution in [0.4, 0.5) is 0 Å². The number of hydrazine groups is 1. The first-order valence-corrected chi connectivity index (χ1v) is 6.31. The van der Waals surface area contributed by atoms with Gasteiger partial charge in [0.1, 0.15) is 0 Å². The summed E-state index contributed by atoms with van der Waals surface area (Å²) in [6, 6.07) is 0.388. The van der Waals surface area contributed by atoms with Crippen molar-refractivity contribution < 1.29 is 4.74 Å². The van der Waals surface area contributed by atoms with Gasteiger partial charge in [-0.2, -0.15) is 5.10 Å². The fourth-order valence-electron chi connectivity index (χ4n) is 2.50. The Labute approximate surface area is 102 Å². The van der Waals surface area contributed by atoms with Crippen LogP contribution in [0.2, 0.25) is 0 Å². The number of ether oxygens (including phenoxy) is 1. The van der Waals surface area contributed by atoms with E-state index in [1.54, 1.807) is 0 Å². The first-order valence-electron chi connectivity index (χ1n) is 6.31. The normalized spacial score (nSPS) is 19.4. The van der Waals surface area contributed by atoms with Crippen LogP contribution in [-0.4, -0.2) is 29.0 Å². The zero-order chi connectivity index (χ0) is 12.1. The molecular weight excluding hydrogens is 216 g/mol. The van der Waals surface area contributed by atoms with Crippen LogP contribution < -0.4 is 11.3 Å². The summed E-state index contributed by atoms with van der Waals surface area (Å²) in [6.45, 7) is 1.74. The molecule has 1 atom stereocenters. The van der Waals surface area contributed by atoms with Crippen molar-refractivity contribution in [2.24, 2.45) is 18.8 Å². The number of nitrogens with two attached hydrogens (primary N) is 1. The van der Waals surface area contributed by atoms with Gasteiger partial charge in [0.2, 0.25) is 0 Å². The molecule has 17 heavy (non-hydrogen) atoms. The Bertz CT molecular complexity index is 333. The second kappa shape index (κ2) is 6.14. The van der Waals surface area contributed by atoms with Crippen molar-refractivity contribution in [2.75, 3.05) is 13.2 Å². The molecule has 0 amide bonds. The van der Waals surface area contributed by atoms with Gasteiger partial charge in [0.05, 0.1) is 6.20 Å². The van der Waals surface area contributed by atoms with Crippen LogP contribution in [0.3, 0.4) is 0 Å². The molecule has 0 saturated carbocycles. The number of nitrogens with zero attached hydrogens (tertiary/aromatic N) is 2. The van der Waals surface area contributed by atoms with Crippen molar-refractivity contribution in [2.45, 2.75) is 31.7 Å². The number of aromatic nitrogens is 2. The average molecular weight is 238 g/mol. The van der Waals surface area contributed by atoms with Gasteiger partial charge in [-0.05, 0) is 37.2 Å². The molecule has 96 valence electrons. The lowest BCUT2D eigenvalue weighted by Crippen LogP contribution is -2.43. The lowest BCUT2D eigenvalue weighted by Gasteiger charge is -2.29. The van der Waals surface area contributed by atoms with Crippen molar-refractivity contribution in [1.82, 2.24) is 15.2 Å². The zero-order valence-corrected chi connectivity index (χ0v) is 10.4. The molecule has 0 radical (unpaired) electrons. The summed E-state index contributed by atoms with van der Waals surface area (Å²) >= 11 is 0. The van der Waals surface area contributed by atoms with Gasteiger partial charge in [-0.1, -0.05) is 0 Å². The van der Waals surface area contributed by atoms with Crippen LogP contribution in [0.15, 0.2) is 12.4 Å². The van der Waals surface area contributed by atoms with Crippen molar-refractivity contribution in [3.05, 3.63) is 18.0 Å². The summed E-state index contributed by atoms with van der Waals surface area (Å²) in [5.41, 5.74) is 4.24. The van der Waals surface area contributed by atoms with E-state index in [1.165, 1.54) is 5.56 Å². The summed E-state index contributed by atoms with van der Waals surface area (Å²) in [5.74, 6) is 6.31. The minimum atomic E-state index is 0.388. The third kappa shape index (κ3) is 3.52. The molecule has 2 heterocycles. The van der Waals surface area contributed by atoms with Gasteiger partial charge in [0, 0.05) is 32.5 Å². The highest BCUT2D eigenvalue weighted by Crippen LogP contribution is 2.21. The Kier molecular flexibility index (Phi) is 4.53. The molecule has 1 aliphatic heterocycles. The van der Waals surface area contributed by atoms with E-state index in [1.807, 2.05) is 17.9 Å². The Morgan fingerprint density at radius 2 is 2.35 bits per heavy atom. The Hall–Kier alpha value is -0.910.